The molecule has 0 saturated carbocycles. The first-order valence-corrected chi connectivity index (χ1v) is 9.91. The van der Waals surface area contributed by atoms with Crippen molar-refractivity contribution < 1.29 is 24.0 Å². The lowest BCUT2D eigenvalue weighted by Crippen LogP contribution is -2.30. The zero-order valence-corrected chi connectivity index (χ0v) is 17.3. The number of carbonyl (C=O) groups is 3. The fourth-order valence-electron chi connectivity index (χ4n) is 3.54. The average molecular weight is 425 g/mol. The molecule has 3 amide bonds. The second-order valence-electron chi connectivity index (χ2n) is 7.28. The normalized spacial score (nSPS) is 12.6. The van der Waals surface area contributed by atoms with Crippen molar-refractivity contribution in [1.82, 2.24) is 4.90 Å². The van der Waals surface area contributed by atoms with Crippen LogP contribution in [0.3, 0.4) is 0 Å². The molecular formula is C22H23N3O6. The van der Waals surface area contributed by atoms with Gasteiger partial charge >= 0.3 is 0 Å². The molecule has 1 aliphatic heterocycles. The summed E-state index contributed by atoms with van der Waals surface area (Å²) in [6, 6.07) is 9.55. The highest BCUT2D eigenvalue weighted by atomic mass is 16.6. The van der Waals surface area contributed by atoms with Crippen LogP contribution in [0.1, 0.15) is 52.0 Å². The van der Waals surface area contributed by atoms with Gasteiger partial charge in [0.1, 0.15) is 11.3 Å². The first-order valence-electron chi connectivity index (χ1n) is 9.91. The second kappa shape index (κ2) is 9.38. The van der Waals surface area contributed by atoms with Gasteiger partial charge in [0.25, 0.3) is 17.5 Å². The Morgan fingerprint density at radius 3 is 2.61 bits per heavy atom. The largest absolute Gasteiger partial charge is 0.495 e. The van der Waals surface area contributed by atoms with Gasteiger partial charge in [-0.1, -0.05) is 18.6 Å². The highest BCUT2D eigenvalue weighted by molar-refractivity contribution is 6.23. The van der Waals surface area contributed by atoms with Gasteiger partial charge in [-0.2, -0.15) is 0 Å². The third kappa shape index (κ3) is 4.71. The SMILES string of the molecule is COc1ccc(C)cc1NC(=O)CCCCCN1C(=O)c2cccc([N+](=O)[O-])c2C1=O. The first-order chi connectivity index (χ1) is 14.8. The number of hydrogen-bond donors (Lipinski definition) is 1. The number of anilines is 1. The summed E-state index contributed by atoms with van der Waals surface area (Å²) in [5, 5.41) is 14.0. The van der Waals surface area contributed by atoms with E-state index in [9.17, 15) is 24.5 Å². The van der Waals surface area contributed by atoms with E-state index in [4.69, 9.17) is 4.74 Å². The maximum absolute atomic E-state index is 12.5. The molecule has 0 spiro atoms. The summed E-state index contributed by atoms with van der Waals surface area (Å²) in [5.41, 5.74) is 1.16. The van der Waals surface area contributed by atoms with Crippen LogP contribution in [-0.2, 0) is 4.79 Å². The molecule has 0 unspecified atom stereocenters. The Bertz CT molecular complexity index is 1050. The molecule has 0 aliphatic carbocycles. The molecule has 0 fully saturated rings. The van der Waals surface area contributed by atoms with Crippen molar-refractivity contribution in [2.45, 2.75) is 32.6 Å². The predicted octanol–water partition coefficient (Wildman–Crippen LogP) is 3.71. The number of unbranched alkanes of at least 4 members (excludes halogenated alkanes) is 2. The Morgan fingerprint density at radius 1 is 1.13 bits per heavy atom. The number of rotatable bonds is 9. The van der Waals surface area contributed by atoms with E-state index in [1.54, 1.807) is 6.07 Å². The van der Waals surface area contributed by atoms with Crippen molar-refractivity contribution in [1.29, 1.82) is 0 Å². The number of nitrogens with one attached hydrogen (secondary N) is 1. The van der Waals surface area contributed by atoms with Crippen LogP contribution in [0.25, 0.3) is 0 Å². The monoisotopic (exact) mass is 425 g/mol. The number of nitro benzene ring substituents is 1. The van der Waals surface area contributed by atoms with E-state index in [0.29, 0.717) is 30.7 Å². The van der Waals surface area contributed by atoms with Gasteiger partial charge in [0.15, 0.2) is 0 Å². The van der Waals surface area contributed by atoms with Gasteiger partial charge in [-0.3, -0.25) is 29.4 Å². The molecule has 2 aromatic carbocycles. The van der Waals surface area contributed by atoms with Gasteiger partial charge in [-0.15, -0.1) is 0 Å². The number of ether oxygens (including phenoxy) is 1. The fourth-order valence-corrected chi connectivity index (χ4v) is 3.54. The smallest absolute Gasteiger partial charge is 0.282 e. The zero-order chi connectivity index (χ0) is 22.5. The molecule has 0 radical (unpaired) electrons. The van der Waals surface area contributed by atoms with Crippen molar-refractivity contribution in [3.05, 3.63) is 63.2 Å². The first kappa shape index (κ1) is 21.9. The summed E-state index contributed by atoms with van der Waals surface area (Å²) < 4.78 is 5.24. The lowest BCUT2D eigenvalue weighted by Gasteiger charge is -2.13. The molecular weight excluding hydrogens is 402 g/mol. The molecule has 0 saturated heterocycles. The number of methoxy groups -OCH3 is 1. The van der Waals surface area contributed by atoms with Crippen LogP contribution in [0.15, 0.2) is 36.4 Å². The topological polar surface area (TPSA) is 119 Å². The molecule has 2 aromatic rings. The summed E-state index contributed by atoms with van der Waals surface area (Å²) in [5.74, 6) is -0.733. The van der Waals surface area contributed by atoms with E-state index in [1.165, 1.54) is 25.3 Å². The minimum atomic E-state index is -0.657. The highest BCUT2D eigenvalue weighted by Crippen LogP contribution is 2.31. The van der Waals surface area contributed by atoms with Gasteiger partial charge in [0.2, 0.25) is 5.91 Å². The van der Waals surface area contributed by atoms with Crippen LogP contribution in [-0.4, -0.2) is 41.2 Å². The van der Waals surface area contributed by atoms with E-state index in [1.807, 2.05) is 19.1 Å². The van der Waals surface area contributed by atoms with Crippen LogP contribution in [0.5, 0.6) is 5.75 Å². The van der Waals surface area contributed by atoms with Crippen molar-refractivity contribution in [2.75, 3.05) is 19.0 Å². The van der Waals surface area contributed by atoms with Crippen LogP contribution in [0.2, 0.25) is 0 Å². The standard InChI is InChI=1S/C22H23N3O6/c1-14-10-11-18(31-2)16(13-14)23-19(26)9-4-3-5-12-24-21(27)15-7-6-8-17(25(29)30)20(15)22(24)28/h6-8,10-11,13H,3-5,9,12H2,1-2H3,(H,23,26). The lowest BCUT2D eigenvalue weighted by molar-refractivity contribution is -0.385. The van der Waals surface area contributed by atoms with Crippen LogP contribution in [0.4, 0.5) is 11.4 Å². The molecule has 1 heterocycles. The number of carbonyl (C=O) groups excluding carboxylic acids is 3. The summed E-state index contributed by atoms with van der Waals surface area (Å²) in [6.45, 7) is 2.07. The minimum Gasteiger partial charge on any atom is -0.495 e. The van der Waals surface area contributed by atoms with Crippen LogP contribution in [0, 0.1) is 17.0 Å². The summed E-state index contributed by atoms with van der Waals surface area (Å²) in [7, 11) is 1.54. The van der Waals surface area contributed by atoms with Gasteiger partial charge < -0.3 is 10.1 Å². The van der Waals surface area contributed by atoms with Crippen molar-refractivity contribution in [3.8, 4) is 5.75 Å². The minimum absolute atomic E-state index is 0.0608. The Labute approximate surface area is 179 Å². The molecule has 0 aromatic heterocycles. The number of amides is 3. The van der Waals surface area contributed by atoms with Gasteiger partial charge in [0.05, 0.1) is 23.3 Å². The van der Waals surface area contributed by atoms with E-state index in [2.05, 4.69) is 5.32 Å². The van der Waals surface area contributed by atoms with E-state index >= 15 is 0 Å². The lowest BCUT2D eigenvalue weighted by atomic mass is 10.1. The van der Waals surface area contributed by atoms with Crippen molar-refractivity contribution >= 4 is 29.1 Å². The Kier molecular flexibility index (Phi) is 6.64. The second-order valence-corrected chi connectivity index (χ2v) is 7.28. The Balaban J connectivity index is 1.48. The fraction of sp³-hybridized carbons (Fsp3) is 0.318. The molecule has 9 nitrogen and oxygen atoms in total. The molecule has 9 heteroatoms. The summed E-state index contributed by atoms with van der Waals surface area (Å²) in [4.78, 5) is 48.7. The molecule has 3 rings (SSSR count). The molecule has 1 aliphatic rings. The summed E-state index contributed by atoms with van der Waals surface area (Å²) >= 11 is 0. The quantitative estimate of drug-likeness (QED) is 0.283. The van der Waals surface area contributed by atoms with E-state index < -0.39 is 16.7 Å². The van der Waals surface area contributed by atoms with Crippen molar-refractivity contribution in [2.24, 2.45) is 0 Å². The molecule has 1 N–H and O–H groups in total. The predicted molar refractivity (Wildman–Crippen MR) is 113 cm³/mol. The maximum atomic E-state index is 12.5. The number of benzene rings is 2. The van der Waals surface area contributed by atoms with Crippen molar-refractivity contribution in [3.63, 3.8) is 0 Å². The van der Waals surface area contributed by atoms with Crippen LogP contribution >= 0.6 is 0 Å². The maximum Gasteiger partial charge on any atom is 0.282 e. The van der Waals surface area contributed by atoms with Gasteiger partial charge in [-0.25, -0.2) is 0 Å². The number of imide groups is 1. The third-order valence-electron chi connectivity index (χ3n) is 5.09. The van der Waals surface area contributed by atoms with Crippen LogP contribution < -0.4 is 10.1 Å². The number of nitro groups is 1. The summed E-state index contributed by atoms with van der Waals surface area (Å²) in [6.07, 6.45) is 1.97. The van der Waals surface area contributed by atoms with Gasteiger partial charge in [0, 0.05) is 19.0 Å². The number of fused-ring (bicyclic) bond motifs is 1. The third-order valence-corrected chi connectivity index (χ3v) is 5.09. The molecule has 0 bridgehead atoms. The molecule has 162 valence electrons. The Morgan fingerprint density at radius 2 is 1.90 bits per heavy atom. The molecule has 0 atom stereocenters. The number of hydrogen-bond acceptors (Lipinski definition) is 6. The zero-order valence-electron chi connectivity index (χ0n) is 17.3. The van der Waals surface area contributed by atoms with E-state index in [-0.39, 0.29) is 35.7 Å². The number of nitrogens with zero attached hydrogens (tertiary/aromatic N) is 2. The van der Waals surface area contributed by atoms with E-state index in [0.717, 1.165) is 10.5 Å². The average Bonchev–Trinajstić information content (AvgIpc) is 2.98. The molecule has 31 heavy (non-hydrogen) atoms. The van der Waals surface area contributed by atoms with Gasteiger partial charge in [-0.05, 0) is 43.5 Å². The Hall–Kier alpha value is -3.75. The highest BCUT2D eigenvalue weighted by Gasteiger charge is 2.40. The number of aryl methyl sites for hydroxylation is 1.